The quantitative estimate of drug-likeness (QED) is 0.856. The van der Waals surface area contributed by atoms with E-state index in [9.17, 15) is 4.79 Å². The number of aromatic nitrogens is 2. The van der Waals surface area contributed by atoms with Gasteiger partial charge in [0.1, 0.15) is 5.82 Å². The Balaban J connectivity index is 1.56. The third-order valence-corrected chi connectivity index (χ3v) is 4.31. The lowest BCUT2D eigenvalue weighted by atomic mass is 10.1. The van der Waals surface area contributed by atoms with Gasteiger partial charge >= 0.3 is 0 Å². The van der Waals surface area contributed by atoms with Gasteiger partial charge in [0.2, 0.25) is 5.91 Å². The molecule has 2 aromatic rings. The Bertz CT molecular complexity index is 643. The maximum absolute atomic E-state index is 11.9. The summed E-state index contributed by atoms with van der Waals surface area (Å²) in [5, 5.41) is 6.38. The molecule has 0 aliphatic carbocycles. The molecule has 0 radical (unpaired) electrons. The summed E-state index contributed by atoms with van der Waals surface area (Å²) in [6.07, 6.45) is 3.65. The number of para-hydroxylation sites is 2. The van der Waals surface area contributed by atoms with Gasteiger partial charge in [0.05, 0.1) is 11.0 Å². The fraction of sp³-hybridized carbons (Fsp3) is 0.529. The third kappa shape index (κ3) is 3.30. The SMILES string of the molecule is CCn1c(CCNC(=O)CC2CCCN2)nc2ccccc21. The van der Waals surface area contributed by atoms with Gasteiger partial charge < -0.3 is 15.2 Å². The molecular formula is C17H24N4O. The standard InChI is InChI=1S/C17H24N4O/c1-2-21-15-8-4-3-7-14(15)20-16(21)9-11-19-17(22)12-13-6-5-10-18-13/h3-4,7-8,13,18H,2,5-6,9-12H2,1H3,(H,19,22). The molecule has 1 atom stereocenters. The summed E-state index contributed by atoms with van der Waals surface area (Å²) in [4.78, 5) is 16.6. The summed E-state index contributed by atoms with van der Waals surface area (Å²) < 4.78 is 2.22. The van der Waals surface area contributed by atoms with Crippen molar-refractivity contribution in [2.45, 2.75) is 45.2 Å². The van der Waals surface area contributed by atoms with Crippen LogP contribution in [0.4, 0.5) is 0 Å². The van der Waals surface area contributed by atoms with Gasteiger partial charge in [-0.3, -0.25) is 4.79 Å². The molecule has 0 spiro atoms. The average molecular weight is 300 g/mol. The van der Waals surface area contributed by atoms with E-state index in [1.165, 1.54) is 11.9 Å². The lowest BCUT2D eigenvalue weighted by Gasteiger charge is -2.11. The van der Waals surface area contributed by atoms with Crippen molar-refractivity contribution >= 4 is 16.9 Å². The molecule has 1 aliphatic rings. The normalized spacial score (nSPS) is 18.0. The first kappa shape index (κ1) is 15.0. The van der Waals surface area contributed by atoms with E-state index >= 15 is 0 Å². The molecule has 118 valence electrons. The van der Waals surface area contributed by atoms with E-state index in [4.69, 9.17) is 0 Å². The summed E-state index contributed by atoms with van der Waals surface area (Å²) in [7, 11) is 0. The highest BCUT2D eigenvalue weighted by Crippen LogP contribution is 2.16. The summed E-state index contributed by atoms with van der Waals surface area (Å²) in [5.41, 5.74) is 2.20. The van der Waals surface area contributed by atoms with Crippen LogP contribution in [-0.2, 0) is 17.8 Å². The minimum absolute atomic E-state index is 0.138. The summed E-state index contributed by atoms with van der Waals surface area (Å²) in [6, 6.07) is 8.54. The number of rotatable bonds is 6. The van der Waals surface area contributed by atoms with E-state index in [1.54, 1.807) is 0 Å². The molecule has 1 fully saturated rings. The molecule has 0 saturated carbocycles. The average Bonchev–Trinajstić information content (AvgIpc) is 3.14. The second-order valence-corrected chi connectivity index (χ2v) is 5.86. The van der Waals surface area contributed by atoms with E-state index in [0.717, 1.165) is 37.3 Å². The lowest BCUT2D eigenvalue weighted by molar-refractivity contribution is -0.121. The van der Waals surface area contributed by atoms with Crippen molar-refractivity contribution in [3.63, 3.8) is 0 Å². The number of hydrogen-bond acceptors (Lipinski definition) is 3. The van der Waals surface area contributed by atoms with Gasteiger partial charge in [-0.1, -0.05) is 12.1 Å². The fourth-order valence-electron chi connectivity index (χ4n) is 3.21. The highest BCUT2D eigenvalue weighted by atomic mass is 16.1. The molecule has 2 N–H and O–H groups in total. The van der Waals surface area contributed by atoms with E-state index in [0.29, 0.717) is 19.0 Å². The van der Waals surface area contributed by atoms with Gasteiger partial charge in [-0.05, 0) is 38.4 Å². The van der Waals surface area contributed by atoms with Crippen LogP contribution in [0.5, 0.6) is 0 Å². The minimum atomic E-state index is 0.138. The van der Waals surface area contributed by atoms with Gasteiger partial charge in [0, 0.05) is 32.0 Å². The molecule has 5 nitrogen and oxygen atoms in total. The van der Waals surface area contributed by atoms with Crippen molar-refractivity contribution in [2.75, 3.05) is 13.1 Å². The summed E-state index contributed by atoms with van der Waals surface area (Å²) in [5.74, 6) is 1.18. The van der Waals surface area contributed by atoms with Gasteiger partial charge in [0.25, 0.3) is 0 Å². The van der Waals surface area contributed by atoms with Gasteiger partial charge in [0.15, 0.2) is 0 Å². The summed E-state index contributed by atoms with van der Waals surface area (Å²) >= 11 is 0. The van der Waals surface area contributed by atoms with Gasteiger partial charge in [-0.2, -0.15) is 0 Å². The Morgan fingerprint density at radius 2 is 2.32 bits per heavy atom. The largest absolute Gasteiger partial charge is 0.356 e. The van der Waals surface area contributed by atoms with E-state index in [1.807, 2.05) is 18.2 Å². The molecule has 0 bridgehead atoms. The predicted octanol–water partition coefficient (Wildman–Crippen LogP) is 1.86. The zero-order valence-corrected chi connectivity index (χ0v) is 13.1. The number of carbonyl (C=O) groups is 1. The number of fused-ring (bicyclic) bond motifs is 1. The number of imidazole rings is 1. The van der Waals surface area contributed by atoms with Gasteiger partial charge in [-0.25, -0.2) is 4.98 Å². The molecule has 1 aromatic carbocycles. The molecule has 2 heterocycles. The van der Waals surface area contributed by atoms with Crippen LogP contribution in [-0.4, -0.2) is 34.6 Å². The molecule has 1 aromatic heterocycles. The number of hydrogen-bond donors (Lipinski definition) is 2. The van der Waals surface area contributed by atoms with Crippen molar-refractivity contribution in [1.82, 2.24) is 20.2 Å². The van der Waals surface area contributed by atoms with Crippen LogP contribution >= 0.6 is 0 Å². The molecule has 5 heteroatoms. The molecule has 1 unspecified atom stereocenters. The second kappa shape index (κ2) is 6.92. The number of nitrogens with one attached hydrogen (secondary N) is 2. The van der Waals surface area contributed by atoms with Crippen molar-refractivity contribution < 1.29 is 4.79 Å². The first-order chi connectivity index (χ1) is 10.8. The predicted molar refractivity (Wildman–Crippen MR) is 87.8 cm³/mol. The highest BCUT2D eigenvalue weighted by molar-refractivity contribution is 5.77. The third-order valence-electron chi connectivity index (χ3n) is 4.31. The molecule has 3 rings (SSSR count). The number of carbonyl (C=O) groups excluding carboxylic acids is 1. The van der Waals surface area contributed by atoms with Crippen LogP contribution in [0, 0.1) is 0 Å². The monoisotopic (exact) mass is 300 g/mol. The molecule has 1 saturated heterocycles. The zero-order valence-electron chi connectivity index (χ0n) is 13.1. The lowest BCUT2D eigenvalue weighted by Crippen LogP contribution is -2.33. The topological polar surface area (TPSA) is 59.0 Å². The second-order valence-electron chi connectivity index (χ2n) is 5.86. The van der Waals surface area contributed by atoms with Crippen LogP contribution in [0.15, 0.2) is 24.3 Å². The van der Waals surface area contributed by atoms with Crippen LogP contribution < -0.4 is 10.6 Å². The molecule has 1 aliphatic heterocycles. The van der Waals surface area contributed by atoms with Crippen molar-refractivity contribution in [3.05, 3.63) is 30.1 Å². The van der Waals surface area contributed by atoms with E-state index in [2.05, 4.69) is 33.2 Å². The fourth-order valence-corrected chi connectivity index (χ4v) is 3.21. The smallest absolute Gasteiger partial charge is 0.221 e. The first-order valence-electron chi connectivity index (χ1n) is 8.22. The van der Waals surface area contributed by atoms with Gasteiger partial charge in [-0.15, -0.1) is 0 Å². The number of aryl methyl sites for hydroxylation is 1. The Kier molecular flexibility index (Phi) is 4.73. The van der Waals surface area contributed by atoms with Crippen molar-refractivity contribution in [3.8, 4) is 0 Å². The van der Waals surface area contributed by atoms with Crippen molar-refractivity contribution in [2.24, 2.45) is 0 Å². The van der Waals surface area contributed by atoms with Crippen LogP contribution in [0.25, 0.3) is 11.0 Å². The Morgan fingerprint density at radius 1 is 1.45 bits per heavy atom. The van der Waals surface area contributed by atoms with E-state index in [-0.39, 0.29) is 5.91 Å². The van der Waals surface area contributed by atoms with Crippen LogP contribution in [0.2, 0.25) is 0 Å². The first-order valence-corrected chi connectivity index (χ1v) is 8.22. The number of benzene rings is 1. The molecule has 1 amide bonds. The Labute approximate surface area is 131 Å². The molecular weight excluding hydrogens is 276 g/mol. The minimum Gasteiger partial charge on any atom is -0.356 e. The number of nitrogens with zero attached hydrogens (tertiary/aromatic N) is 2. The number of amides is 1. The maximum Gasteiger partial charge on any atom is 0.221 e. The Hall–Kier alpha value is -1.88. The van der Waals surface area contributed by atoms with E-state index < -0.39 is 0 Å². The highest BCUT2D eigenvalue weighted by Gasteiger charge is 2.17. The van der Waals surface area contributed by atoms with Crippen LogP contribution in [0.3, 0.4) is 0 Å². The maximum atomic E-state index is 11.9. The zero-order chi connectivity index (χ0) is 15.4. The van der Waals surface area contributed by atoms with Crippen LogP contribution in [0.1, 0.15) is 32.0 Å². The Morgan fingerprint density at radius 3 is 3.09 bits per heavy atom. The molecule has 22 heavy (non-hydrogen) atoms. The summed E-state index contributed by atoms with van der Waals surface area (Å²) in [6.45, 7) is 4.71. The van der Waals surface area contributed by atoms with Crippen molar-refractivity contribution in [1.29, 1.82) is 0 Å².